The number of methoxy groups -OCH3 is 3. The molecule has 0 radical (unpaired) electrons. The van der Waals surface area contributed by atoms with Crippen LogP contribution in [-0.4, -0.2) is 58.9 Å². The number of likely N-dealkylation sites (tertiary alicyclic amines) is 1. The zero-order chi connectivity index (χ0) is 21.0. The molecule has 1 fully saturated rings. The minimum Gasteiger partial charge on any atom is -0.493 e. The van der Waals surface area contributed by atoms with Gasteiger partial charge in [0.05, 0.1) is 37.5 Å². The van der Waals surface area contributed by atoms with E-state index in [1.165, 1.54) is 21.3 Å². The molecule has 1 unspecified atom stereocenters. The molecule has 0 saturated carbocycles. The second-order valence-corrected chi connectivity index (χ2v) is 8.81. The number of benzene rings is 2. The Morgan fingerprint density at radius 3 is 2.31 bits per heavy atom. The van der Waals surface area contributed by atoms with E-state index in [-0.39, 0.29) is 22.3 Å². The lowest BCUT2D eigenvalue weighted by Gasteiger charge is -2.26. The zero-order valence-electron chi connectivity index (χ0n) is 16.8. The molecule has 0 aliphatic carbocycles. The first-order chi connectivity index (χ1) is 13.9. The van der Waals surface area contributed by atoms with Gasteiger partial charge in [-0.15, -0.1) is 0 Å². The quantitative estimate of drug-likeness (QED) is 0.686. The maximum Gasteiger partial charge on any atom is 0.258 e. The normalized spacial score (nSPS) is 16.5. The molecule has 8 heteroatoms. The van der Waals surface area contributed by atoms with Crippen LogP contribution in [0.15, 0.2) is 47.4 Å². The number of ether oxygens (including phenoxy) is 3. The topological polar surface area (TPSA) is 82.1 Å². The van der Waals surface area contributed by atoms with E-state index in [2.05, 4.69) is 0 Å². The first-order valence-corrected chi connectivity index (χ1v) is 11.0. The van der Waals surface area contributed by atoms with E-state index in [9.17, 15) is 13.2 Å². The minimum atomic E-state index is -3.50. The van der Waals surface area contributed by atoms with Gasteiger partial charge in [0.15, 0.2) is 21.3 Å². The molecule has 1 aliphatic rings. The van der Waals surface area contributed by atoms with Crippen LogP contribution in [0.3, 0.4) is 0 Å². The predicted molar refractivity (Wildman–Crippen MR) is 109 cm³/mol. The molecule has 0 aromatic heterocycles. The number of hydrogen-bond donors (Lipinski definition) is 0. The molecule has 29 heavy (non-hydrogen) atoms. The summed E-state index contributed by atoms with van der Waals surface area (Å²) in [7, 11) is 0.928. The van der Waals surface area contributed by atoms with Crippen LogP contribution in [0.2, 0.25) is 0 Å². The van der Waals surface area contributed by atoms with E-state index in [0.717, 1.165) is 6.42 Å². The molecule has 7 nitrogen and oxygen atoms in total. The fourth-order valence-electron chi connectivity index (χ4n) is 3.68. The number of rotatable bonds is 7. The van der Waals surface area contributed by atoms with Crippen molar-refractivity contribution in [3.63, 3.8) is 0 Å². The number of carbonyl (C=O) groups excluding carboxylic acids is 1. The van der Waals surface area contributed by atoms with Crippen LogP contribution in [0.25, 0.3) is 0 Å². The maximum atomic E-state index is 13.3. The summed E-state index contributed by atoms with van der Waals surface area (Å²) in [5.41, 5.74) is 0.314. The van der Waals surface area contributed by atoms with Crippen molar-refractivity contribution in [2.45, 2.75) is 23.8 Å². The number of sulfone groups is 1. The van der Waals surface area contributed by atoms with Crippen LogP contribution in [0.1, 0.15) is 23.2 Å². The highest BCUT2D eigenvalue weighted by Gasteiger charge is 2.35. The van der Waals surface area contributed by atoms with E-state index >= 15 is 0 Å². The van der Waals surface area contributed by atoms with Gasteiger partial charge in [-0.2, -0.15) is 0 Å². The van der Waals surface area contributed by atoms with Gasteiger partial charge in [0.2, 0.25) is 5.75 Å². The molecule has 1 atom stereocenters. The van der Waals surface area contributed by atoms with E-state index in [0.29, 0.717) is 30.0 Å². The van der Waals surface area contributed by atoms with Crippen molar-refractivity contribution in [2.24, 2.45) is 0 Å². The number of carbonyl (C=O) groups is 1. The highest BCUT2D eigenvalue weighted by atomic mass is 32.2. The molecule has 0 bridgehead atoms. The van der Waals surface area contributed by atoms with Crippen LogP contribution in [-0.2, 0) is 9.84 Å². The molecule has 1 saturated heterocycles. The van der Waals surface area contributed by atoms with Gasteiger partial charge in [0.1, 0.15) is 0 Å². The monoisotopic (exact) mass is 419 g/mol. The van der Waals surface area contributed by atoms with Gasteiger partial charge in [-0.1, -0.05) is 18.2 Å². The van der Waals surface area contributed by atoms with Gasteiger partial charge in [0, 0.05) is 12.6 Å². The number of amides is 1. The molecule has 2 aromatic carbocycles. The molecule has 2 aromatic rings. The number of nitrogens with zero attached hydrogens (tertiary/aromatic N) is 1. The minimum absolute atomic E-state index is 0.113. The van der Waals surface area contributed by atoms with Crippen LogP contribution < -0.4 is 14.2 Å². The largest absolute Gasteiger partial charge is 0.493 e. The molecule has 156 valence electrons. The summed E-state index contributed by atoms with van der Waals surface area (Å²) in [6.07, 6.45) is 1.38. The van der Waals surface area contributed by atoms with Crippen LogP contribution in [0, 0.1) is 0 Å². The summed E-state index contributed by atoms with van der Waals surface area (Å²) in [5.74, 6) is 0.652. The van der Waals surface area contributed by atoms with Gasteiger partial charge in [-0.25, -0.2) is 8.42 Å². The van der Waals surface area contributed by atoms with Crippen molar-refractivity contribution in [1.29, 1.82) is 0 Å². The van der Waals surface area contributed by atoms with Crippen molar-refractivity contribution in [1.82, 2.24) is 4.90 Å². The average molecular weight is 419 g/mol. The molecule has 0 N–H and O–H groups in total. The van der Waals surface area contributed by atoms with Crippen molar-refractivity contribution >= 4 is 15.7 Å². The van der Waals surface area contributed by atoms with Crippen molar-refractivity contribution in [3.05, 3.63) is 48.0 Å². The molecular weight excluding hydrogens is 394 g/mol. The Morgan fingerprint density at radius 2 is 1.69 bits per heavy atom. The van der Waals surface area contributed by atoms with Gasteiger partial charge >= 0.3 is 0 Å². The Labute approximate surface area is 171 Å². The Bertz CT molecular complexity index is 974. The van der Waals surface area contributed by atoms with Crippen molar-refractivity contribution in [2.75, 3.05) is 33.6 Å². The molecular formula is C21H25NO6S. The summed E-state index contributed by atoms with van der Waals surface area (Å²) in [5, 5.41) is 0. The fraction of sp³-hybridized carbons (Fsp3) is 0.381. The lowest BCUT2D eigenvalue weighted by Crippen LogP contribution is -2.39. The SMILES string of the molecule is COc1ccc(C(=O)N2CCCC2CS(=O)(=O)c2ccccc2)c(OC)c1OC. The molecule has 1 heterocycles. The van der Waals surface area contributed by atoms with Crippen LogP contribution >= 0.6 is 0 Å². The van der Waals surface area contributed by atoms with Crippen LogP contribution in [0.4, 0.5) is 0 Å². The number of hydrogen-bond acceptors (Lipinski definition) is 6. The van der Waals surface area contributed by atoms with Crippen molar-refractivity contribution < 1.29 is 27.4 Å². The van der Waals surface area contributed by atoms with E-state index < -0.39 is 15.9 Å². The van der Waals surface area contributed by atoms with Gasteiger partial charge in [0.25, 0.3) is 5.91 Å². The molecule has 1 amide bonds. The first-order valence-electron chi connectivity index (χ1n) is 9.30. The second-order valence-electron chi connectivity index (χ2n) is 6.77. The Morgan fingerprint density at radius 1 is 1.00 bits per heavy atom. The first kappa shape index (κ1) is 21.0. The maximum absolute atomic E-state index is 13.3. The summed E-state index contributed by atoms with van der Waals surface area (Å²) < 4.78 is 41.7. The summed E-state index contributed by atoms with van der Waals surface area (Å²) in [6.45, 7) is 0.491. The van der Waals surface area contributed by atoms with E-state index in [1.54, 1.807) is 47.4 Å². The van der Waals surface area contributed by atoms with Crippen molar-refractivity contribution in [3.8, 4) is 17.2 Å². The van der Waals surface area contributed by atoms with Gasteiger partial charge in [-0.05, 0) is 37.1 Å². The molecule has 1 aliphatic heterocycles. The van der Waals surface area contributed by atoms with E-state index in [4.69, 9.17) is 14.2 Å². The average Bonchev–Trinajstić information content (AvgIpc) is 3.19. The fourth-order valence-corrected chi connectivity index (χ4v) is 5.30. The predicted octanol–water partition coefficient (Wildman–Crippen LogP) is 2.79. The lowest BCUT2D eigenvalue weighted by atomic mass is 10.1. The second kappa shape index (κ2) is 8.73. The summed E-state index contributed by atoms with van der Waals surface area (Å²) in [4.78, 5) is 15.2. The third-order valence-corrected chi connectivity index (χ3v) is 6.90. The molecule has 0 spiro atoms. The smallest absolute Gasteiger partial charge is 0.258 e. The highest BCUT2D eigenvalue weighted by Crippen LogP contribution is 2.40. The zero-order valence-corrected chi connectivity index (χ0v) is 17.6. The molecule has 3 rings (SSSR count). The highest BCUT2D eigenvalue weighted by molar-refractivity contribution is 7.91. The Kier molecular flexibility index (Phi) is 6.32. The Balaban J connectivity index is 1.89. The third kappa shape index (κ3) is 4.17. The summed E-state index contributed by atoms with van der Waals surface area (Å²) in [6, 6.07) is 11.2. The van der Waals surface area contributed by atoms with Gasteiger partial charge < -0.3 is 19.1 Å². The van der Waals surface area contributed by atoms with Gasteiger partial charge in [-0.3, -0.25) is 4.79 Å². The van der Waals surface area contributed by atoms with E-state index in [1.807, 2.05) is 0 Å². The Hall–Kier alpha value is -2.74. The standard InChI is InChI=1S/C21H25NO6S/c1-26-18-12-11-17(19(27-2)20(18)28-3)21(23)22-13-7-8-15(22)14-29(24,25)16-9-5-4-6-10-16/h4-6,9-12,15H,7-8,13-14H2,1-3H3. The summed E-state index contributed by atoms with van der Waals surface area (Å²) >= 11 is 0. The van der Waals surface area contributed by atoms with Crippen LogP contribution in [0.5, 0.6) is 17.2 Å². The third-order valence-electron chi connectivity index (χ3n) is 5.09. The lowest BCUT2D eigenvalue weighted by molar-refractivity contribution is 0.0745.